The van der Waals surface area contributed by atoms with E-state index in [-0.39, 0.29) is 11.4 Å². The molecule has 0 spiro atoms. The van der Waals surface area contributed by atoms with Crippen LogP contribution in [0.25, 0.3) is 0 Å². The van der Waals surface area contributed by atoms with Gasteiger partial charge in [0.15, 0.2) is 0 Å². The SMILES string of the molecule is C[C@H](O)CNS(=O)(=O)c1ccn(C)c1. The first-order valence-corrected chi connectivity index (χ1v) is 5.70. The summed E-state index contributed by atoms with van der Waals surface area (Å²) >= 11 is 0. The van der Waals surface area contributed by atoms with Crippen LogP contribution in [0.15, 0.2) is 23.4 Å². The average Bonchev–Trinajstić information content (AvgIpc) is 2.49. The molecule has 1 aromatic heterocycles. The Morgan fingerprint density at radius 2 is 2.29 bits per heavy atom. The van der Waals surface area contributed by atoms with Crippen molar-refractivity contribution in [3.63, 3.8) is 0 Å². The molecule has 0 aromatic carbocycles. The van der Waals surface area contributed by atoms with Gasteiger partial charge in [-0.25, -0.2) is 13.1 Å². The van der Waals surface area contributed by atoms with Gasteiger partial charge in [-0.1, -0.05) is 0 Å². The Morgan fingerprint density at radius 1 is 1.64 bits per heavy atom. The van der Waals surface area contributed by atoms with Gasteiger partial charge in [-0.3, -0.25) is 0 Å². The Bertz CT molecular complexity index is 394. The molecule has 0 saturated carbocycles. The average molecular weight is 218 g/mol. The Morgan fingerprint density at radius 3 is 2.71 bits per heavy atom. The molecule has 0 aliphatic heterocycles. The van der Waals surface area contributed by atoms with Crippen LogP contribution in [-0.4, -0.2) is 30.7 Å². The van der Waals surface area contributed by atoms with Gasteiger partial charge in [0.1, 0.15) is 0 Å². The second-order valence-corrected chi connectivity index (χ2v) is 4.98. The highest BCUT2D eigenvalue weighted by Gasteiger charge is 2.14. The fourth-order valence-corrected chi connectivity index (χ4v) is 2.12. The van der Waals surface area contributed by atoms with E-state index in [4.69, 9.17) is 5.11 Å². The van der Waals surface area contributed by atoms with Crippen molar-refractivity contribution < 1.29 is 13.5 Å². The Kier molecular flexibility index (Phi) is 3.30. The maximum absolute atomic E-state index is 11.5. The minimum atomic E-state index is -3.47. The van der Waals surface area contributed by atoms with Gasteiger partial charge in [-0.2, -0.15) is 0 Å². The van der Waals surface area contributed by atoms with Gasteiger partial charge in [-0.05, 0) is 13.0 Å². The molecule has 0 saturated heterocycles. The molecule has 0 radical (unpaired) electrons. The molecule has 0 unspecified atom stereocenters. The molecular weight excluding hydrogens is 204 g/mol. The van der Waals surface area contributed by atoms with E-state index in [2.05, 4.69) is 4.72 Å². The van der Waals surface area contributed by atoms with Gasteiger partial charge in [0, 0.05) is 26.0 Å². The van der Waals surface area contributed by atoms with Crippen LogP contribution < -0.4 is 4.72 Å². The van der Waals surface area contributed by atoms with Crippen LogP contribution in [0.2, 0.25) is 0 Å². The number of nitrogens with zero attached hydrogens (tertiary/aromatic N) is 1. The van der Waals surface area contributed by atoms with Gasteiger partial charge in [0.25, 0.3) is 0 Å². The van der Waals surface area contributed by atoms with Crippen molar-refractivity contribution in [2.24, 2.45) is 7.05 Å². The summed E-state index contributed by atoms with van der Waals surface area (Å²) in [5.41, 5.74) is 0. The van der Waals surface area contributed by atoms with E-state index in [0.717, 1.165) is 0 Å². The summed E-state index contributed by atoms with van der Waals surface area (Å²) in [6, 6.07) is 1.50. The first-order chi connectivity index (χ1) is 6.42. The number of aliphatic hydroxyl groups is 1. The molecule has 1 rings (SSSR count). The summed E-state index contributed by atoms with van der Waals surface area (Å²) in [6.07, 6.45) is 2.47. The van der Waals surface area contributed by atoms with Gasteiger partial charge >= 0.3 is 0 Å². The molecule has 0 aliphatic rings. The van der Waals surface area contributed by atoms with Gasteiger partial charge in [-0.15, -0.1) is 0 Å². The van der Waals surface area contributed by atoms with E-state index in [1.807, 2.05) is 0 Å². The molecule has 6 heteroatoms. The maximum Gasteiger partial charge on any atom is 0.242 e. The van der Waals surface area contributed by atoms with Crippen molar-refractivity contribution in [3.8, 4) is 0 Å². The molecule has 1 heterocycles. The van der Waals surface area contributed by atoms with Gasteiger partial charge in [0.2, 0.25) is 10.0 Å². The van der Waals surface area contributed by atoms with E-state index < -0.39 is 16.1 Å². The summed E-state index contributed by atoms with van der Waals surface area (Å²) < 4.78 is 27.0. The third-order valence-electron chi connectivity index (χ3n) is 1.68. The fourth-order valence-electron chi connectivity index (χ4n) is 0.950. The number of aromatic nitrogens is 1. The quantitative estimate of drug-likeness (QED) is 0.728. The Balaban J connectivity index is 2.76. The van der Waals surface area contributed by atoms with Crippen molar-refractivity contribution >= 4 is 10.0 Å². The van der Waals surface area contributed by atoms with Crippen LogP contribution >= 0.6 is 0 Å². The minimum Gasteiger partial charge on any atom is -0.392 e. The van der Waals surface area contributed by atoms with E-state index in [9.17, 15) is 8.42 Å². The van der Waals surface area contributed by atoms with Crippen LogP contribution in [0, 0.1) is 0 Å². The lowest BCUT2D eigenvalue weighted by Gasteiger charge is -2.06. The number of aryl methyl sites for hydroxylation is 1. The summed E-state index contributed by atoms with van der Waals surface area (Å²) in [7, 11) is -1.72. The summed E-state index contributed by atoms with van der Waals surface area (Å²) in [6.45, 7) is 1.55. The van der Waals surface area contributed by atoms with Gasteiger partial charge in [0.05, 0.1) is 11.0 Å². The molecule has 0 fully saturated rings. The summed E-state index contributed by atoms with van der Waals surface area (Å²) in [5.74, 6) is 0. The third-order valence-corrected chi connectivity index (χ3v) is 3.09. The highest BCUT2D eigenvalue weighted by molar-refractivity contribution is 7.89. The van der Waals surface area contributed by atoms with Crippen molar-refractivity contribution in [1.82, 2.24) is 9.29 Å². The molecule has 2 N–H and O–H groups in total. The number of sulfonamides is 1. The standard InChI is InChI=1S/C8H14N2O3S/c1-7(11)5-9-14(12,13)8-3-4-10(2)6-8/h3-4,6-7,9,11H,5H2,1-2H3/t7-/m0/s1. The smallest absolute Gasteiger partial charge is 0.242 e. The highest BCUT2D eigenvalue weighted by Crippen LogP contribution is 2.07. The first-order valence-electron chi connectivity index (χ1n) is 4.21. The molecule has 0 amide bonds. The molecular formula is C8H14N2O3S. The maximum atomic E-state index is 11.5. The molecule has 5 nitrogen and oxygen atoms in total. The first kappa shape index (κ1) is 11.2. The normalized spacial score (nSPS) is 14.2. The van der Waals surface area contributed by atoms with Crippen molar-refractivity contribution in [3.05, 3.63) is 18.5 Å². The van der Waals surface area contributed by atoms with Crippen LogP contribution in [-0.2, 0) is 17.1 Å². The van der Waals surface area contributed by atoms with Crippen molar-refractivity contribution in [1.29, 1.82) is 0 Å². The van der Waals surface area contributed by atoms with Crippen molar-refractivity contribution in [2.45, 2.75) is 17.9 Å². The van der Waals surface area contributed by atoms with E-state index >= 15 is 0 Å². The van der Waals surface area contributed by atoms with Crippen LogP contribution in [0.4, 0.5) is 0 Å². The summed E-state index contributed by atoms with van der Waals surface area (Å²) in [4.78, 5) is 0.209. The zero-order chi connectivity index (χ0) is 10.8. The van der Waals surface area contributed by atoms with Crippen LogP contribution in [0.3, 0.4) is 0 Å². The fraction of sp³-hybridized carbons (Fsp3) is 0.500. The Hall–Kier alpha value is -0.850. The third kappa shape index (κ3) is 2.83. The van der Waals surface area contributed by atoms with Crippen LogP contribution in [0.1, 0.15) is 6.92 Å². The Labute approximate surface area is 83.4 Å². The molecule has 0 aliphatic carbocycles. The zero-order valence-corrected chi connectivity index (χ0v) is 8.95. The van der Waals surface area contributed by atoms with Gasteiger partial charge < -0.3 is 9.67 Å². The highest BCUT2D eigenvalue weighted by atomic mass is 32.2. The lowest BCUT2D eigenvalue weighted by molar-refractivity contribution is 0.198. The van der Waals surface area contributed by atoms with Crippen molar-refractivity contribution in [2.75, 3.05) is 6.54 Å². The lowest BCUT2D eigenvalue weighted by atomic mass is 10.4. The molecule has 1 atom stereocenters. The van der Waals surface area contributed by atoms with Crippen LogP contribution in [0.5, 0.6) is 0 Å². The molecule has 1 aromatic rings. The topological polar surface area (TPSA) is 71.3 Å². The number of aliphatic hydroxyl groups excluding tert-OH is 1. The predicted octanol–water partition coefficient (Wildman–Crippen LogP) is -0.316. The van der Waals surface area contributed by atoms with E-state index in [1.165, 1.54) is 19.2 Å². The predicted molar refractivity (Wildman–Crippen MR) is 52.3 cm³/mol. The zero-order valence-electron chi connectivity index (χ0n) is 8.14. The monoisotopic (exact) mass is 218 g/mol. The number of hydrogen-bond acceptors (Lipinski definition) is 3. The number of rotatable bonds is 4. The van der Waals surface area contributed by atoms with E-state index in [0.29, 0.717) is 0 Å². The summed E-state index contributed by atoms with van der Waals surface area (Å²) in [5, 5.41) is 8.94. The number of hydrogen-bond donors (Lipinski definition) is 2. The van der Waals surface area contributed by atoms with E-state index in [1.54, 1.807) is 17.8 Å². The molecule has 80 valence electrons. The number of nitrogens with one attached hydrogen (secondary N) is 1. The largest absolute Gasteiger partial charge is 0.392 e. The second-order valence-electron chi connectivity index (χ2n) is 3.21. The molecule has 14 heavy (non-hydrogen) atoms. The minimum absolute atomic E-state index is 0.0250. The second kappa shape index (κ2) is 4.12. The molecule has 0 bridgehead atoms. The lowest BCUT2D eigenvalue weighted by Crippen LogP contribution is -2.30.